The van der Waals surface area contributed by atoms with E-state index < -0.39 is 21.8 Å². The third-order valence-corrected chi connectivity index (χ3v) is 4.35. The summed E-state index contributed by atoms with van der Waals surface area (Å²) >= 11 is 23.1. The van der Waals surface area contributed by atoms with Crippen molar-refractivity contribution in [3.8, 4) is 0 Å². The van der Waals surface area contributed by atoms with Gasteiger partial charge in [0.2, 0.25) is 3.79 Å². The maximum absolute atomic E-state index is 12.3. The SMILES string of the molecule is COC(=O)c1ccc(NC(=S)N[C@@H](NC(=O)c2ccccc2)C(Cl)(Cl)Cl)cc1. The Morgan fingerprint density at radius 3 is 2.11 bits per heavy atom. The molecule has 28 heavy (non-hydrogen) atoms. The molecule has 2 aromatic carbocycles. The maximum Gasteiger partial charge on any atom is 0.337 e. The normalized spacial score (nSPS) is 11.9. The third-order valence-electron chi connectivity index (χ3n) is 3.48. The Kier molecular flexibility index (Phi) is 7.88. The number of anilines is 1. The zero-order valence-electron chi connectivity index (χ0n) is 14.5. The topological polar surface area (TPSA) is 79.5 Å². The van der Waals surface area contributed by atoms with E-state index in [4.69, 9.17) is 47.0 Å². The molecule has 2 rings (SSSR count). The number of ether oxygens (including phenoxy) is 1. The zero-order valence-corrected chi connectivity index (χ0v) is 17.6. The van der Waals surface area contributed by atoms with Crippen LogP contribution in [0, 0.1) is 0 Å². The number of rotatable bonds is 5. The minimum atomic E-state index is -1.87. The fourth-order valence-electron chi connectivity index (χ4n) is 2.11. The predicted octanol–water partition coefficient (Wildman–Crippen LogP) is 3.89. The van der Waals surface area contributed by atoms with E-state index in [2.05, 4.69) is 20.7 Å². The fourth-order valence-corrected chi connectivity index (χ4v) is 2.67. The van der Waals surface area contributed by atoms with Gasteiger partial charge in [0.1, 0.15) is 6.17 Å². The van der Waals surface area contributed by atoms with Gasteiger partial charge in [-0.2, -0.15) is 0 Å². The lowest BCUT2D eigenvalue weighted by atomic mass is 10.2. The second kappa shape index (κ2) is 9.93. The number of amides is 1. The van der Waals surface area contributed by atoms with Crippen LogP contribution in [-0.2, 0) is 4.74 Å². The number of halogens is 3. The number of carbonyl (C=O) groups is 2. The van der Waals surface area contributed by atoms with E-state index in [-0.39, 0.29) is 5.11 Å². The van der Waals surface area contributed by atoms with E-state index in [1.165, 1.54) is 7.11 Å². The van der Waals surface area contributed by atoms with E-state index in [0.717, 1.165) is 0 Å². The molecule has 2 aromatic rings. The molecule has 1 atom stereocenters. The molecule has 0 fully saturated rings. The lowest BCUT2D eigenvalue weighted by Crippen LogP contribution is -2.56. The van der Waals surface area contributed by atoms with Gasteiger partial charge in [0.25, 0.3) is 5.91 Å². The van der Waals surface area contributed by atoms with Gasteiger partial charge in [-0.1, -0.05) is 53.0 Å². The van der Waals surface area contributed by atoms with Crippen molar-refractivity contribution in [3.05, 3.63) is 65.7 Å². The summed E-state index contributed by atoms with van der Waals surface area (Å²) in [4.78, 5) is 23.8. The molecule has 0 saturated heterocycles. The van der Waals surface area contributed by atoms with Crippen LogP contribution in [0.3, 0.4) is 0 Å². The average molecular weight is 461 g/mol. The highest BCUT2D eigenvalue weighted by Gasteiger charge is 2.34. The number of carbonyl (C=O) groups excluding carboxylic acids is 2. The first-order chi connectivity index (χ1) is 13.2. The number of esters is 1. The molecule has 0 aliphatic carbocycles. The molecule has 10 heteroatoms. The quantitative estimate of drug-likeness (QED) is 0.272. The van der Waals surface area contributed by atoms with Gasteiger partial charge in [-0.3, -0.25) is 4.79 Å². The van der Waals surface area contributed by atoms with Gasteiger partial charge in [0, 0.05) is 11.3 Å². The predicted molar refractivity (Wildman–Crippen MR) is 115 cm³/mol. The Hall–Kier alpha value is -2.06. The smallest absolute Gasteiger partial charge is 0.337 e. The van der Waals surface area contributed by atoms with Crippen LogP contribution in [0.15, 0.2) is 54.6 Å². The van der Waals surface area contributed by atoms with Crippen molar-refractivity contribution in [3.63, 3.8) is 0 Å². The molecule has 0 saturated carbocycles. The molecule has 3 N–H and O–H groups in total. The highest BCUT2D eigenvalue weighted by molar-refractivity contribution is 7.80. The van der Waals surface area contributed by atoms with Crippen molar-refractivity contribution in [1.29, 1.82) is 0 Å². The summed E-state index contributed by atoms with van der Waals surface area (Å²) in [5.41, 5.74) is 1.38. The van der Waals surface area contributed by atoms with Crippen molar-refractivity contribution in [2.75, 3.05) is 12.4 Å². The van der Waals surface area contributed by atoms with Gasteiger partial charge in [-0.05, 0) is 48.6 Å². The summed E-state index contributed by atoms with van der Waals surface area (Å²) in [5, 5.41) is 8.33. The second-order valence-corrected chi connectivity index (χ2v) is 8.26. The minimum absolute atomic E-state index is 0.107. The third kappa shape index (κ3) is 6.53. The molecule has 0 aliphatic heterocycles. The van der Waals surface area contributed by atoms with Gasteiger partial charge < -0.3 is 20.7 Å². The lowest BCUT2D eigenvalue weighted by Gasteiger charge is -2.27. The van der Waals surface area contributed by atoms with Crippen LogP contribution in [-0.4, -0.2) is 34.1 Å². The Morgan fingerprint density at radius 2 is 1.57 bits per heavy atom. The van der Waals surface area contributed by atoms with Crippen molar-refractivity contribution in [1.82, 2.24) is 10.6 Å². The van der Waals surface area contributed by atoms with Crippen molar-refractivity contribution in [2.24, 2.45) is 0 Å². The van der Waals surface area contributed by atoms with Crippen molar-refractivity contribution >= 4 is 69.7 Å². The minimum Gasteiger partial charge on any atom is -0.465 e. The van der Waals surface area contributed by atoms with Crippen LogP contribution in [0.25, 0.3) is 0 Å². The zero-order chi connectivity index (χ0) is 20.7. The summed E-state index contributed by atoms with van der Waals surface area (Å²) < 4.78 is 2.77. The van der Waals surface area contributed by atoms with Crippen LogP contribution < -0.4 is 16.0 Å². The number of nitrogens with one attached hydrogen (secondary N) is 3. The molecule has 0 spiro atoms. The first-order valence-corrected chi connectivity index (χ1v) is 9.43. The Bertz CT molecular complexity index is 843. The number of thiocarbonyl (C=S) groups is 1. The van der Waals surface area contributed by atoms with Gasteiger partial charge in [0.05, 0.1) is 12.7 Å². The first-order valence-electron chi connectivity index (χ1n) is 7.89. The summed E-state index contributed by atoms with van der Waals surface area (Å²) in [6.45, 7) is 0. The van der Waals surface area contributed by atoms with Crippen molar-refractivity contribution in [2.45, 2.75) is 9.96 Å². The average Bonchev–Trinajstić information content (AvgIpc) is 2.67. The highest BCUT2D eigenvalue weighted by atomic mass is 35.6. The summed E-state index contributed by atoms with van der Waals surface area (Å²) in [6.07, 6.45) is -1.10. The lowest BCUT2D eigenvalue weighted by molar-refractivity contribution is 0.0600. The summed E-state index contributed by atoms with van der Waals surface area (Å²) in [5.74, 6) is -0.887. The van der Waals surface area contributed by atoms with Gasteiger partial charge in [-0.15, -0.1) is 0 Å². The molecule has 6 nitrogen and oxygen atoms in total. The molecule has 0 aliphatic rings. The van der Waals surface area contributed by atoms with E-state index >= 15 is 0 Å². The first kappa shape index (κ1) is 22.2. The number of benzene rings is 2. The molecule has 0 aromatic heterocycles. The molecule has 1 amide bonds. The number of hydrogen-bond donors (Lipinski definition) is 3. The molecular weight excluding hydrogens is 445 g/mol. The van der Waals surface area contributed by atoms with Gasteiger partial charge in [-0.25, -0.2) is 4.79 Å². The largest absolute Gasteiger partial charge is 0.465 e. The van der Waals surface area contributed by atoms with Crippen LogP contribution in [0.4, 0.5) is 5.69 Å². The number of alkyl halides is 3. The van der Waals surface area contributed by atoms with Crippen LogP contribution in [0.2, 0.25) is 0 Å². The highest BCUT2D eigenvalue weighted by Crippen LogP contribution is 2.29. The Morgan fingerprint density at radius 1 is 0.964 bits per heavy atom. The molecule has 0 radical (unpaired) electrons. The molecule has 0 heterocycles. The number of methoxy groups -OCH3 is 1. The molecule has 0 unspecified atom stereocenters. The van der Waals surface area contributed by atoms with E-state index in [0.29, 0.717) is 16.8 Å². The monoisotopic (exact) mass is 459 g/mol. The molecule has 0 bridgehead atoms. The van der Waals surface area contributed by atoms with Crippen LogP contribution in [0.1, 0.15) is 20.7 Å². The fraction of sp³-hybridized carbons (Fsp3) is 0.167. The standard InChI is InChI=1S/C18H16Cl3N3O3S/c1-27-15(26)12-7-9-13(10-8-12)22-17(28)24-16(18(19,20)21)23-14(25)11-5-3-2-4-6-11/h2-10,16H,1H3,(H,23,25)(H2,22,24,28)/t16-/m1/s1. The number of hydrogen-bond acceptors (Lipinski definition) is 4. The van der Waals surface area contributed by atoms with Crippen LogP contribution >= 0.6 is 47.0 Å². The molecular formula is C18H16Cl3N3O3S. The van der Waals surface area contributed by atoms with Crippen molar-refractivity contribution < 1.29 is 14.3 Å². The summed E-state index contributed by atoms with van der Waals surface area (Å²) in [6, 6.07) is 14.9. The van der Waals surface area contributed by atoms with Crippen LogP contribution in [0.5, 0.6) is 0 Å². The Balaban J connectivity index is 2.03. The van der Waals surface area contributed by atoms with Gasteiger partial charge >= 0.3 is 5.97 Å². The van der Waals surface area contributed by atoms with E-state index in [1.807, 2.05) is 0 Å². The molecule has 148 valence electrons. The Labute approximate surface area is 182 Å². The van der Waals surface area contributed by atoms with Gasteiger partial charge in [0.15, 0.2) is 5.11 Å². The van der Waals surface area contributed by atoms with E-state index in [1.54, 1.807) is 54.6 Å². The van der Waals surface area contributed by atoms with E-state index in [9.17, 15) is 9.59 Å². The maximum atomic E-state index is 12.3. The second-order valence-electron chi connectivity index (χ2n) is 5.48. The summed E-state index contributed by atoms with van der Waals surface area (Å²) in [7, 11) is 1.30.